The van der Waals surface area contributed by atoms with Gasteiger partial charge in [0.15, 0.2) is 13.7 Å². The predicted molar refractivity (Wildman–Crippen MR) is 75.5 cm³/mol. The van der Waals surface area contributed by atoms with Gasteiger partial charge >= 0.3 is 5.97 Å². The molecule has 0 heterocycles. The van der Waals surface area contributed by atoms with E-state index in [2.05, 4.69) is 0 Å². The van der Waals surface area contributed by atoms with Gasteiger partial charge in [-0.3, -0.25) is 9.59 Å². The van der Waals surface area contributed by atoms with Crippen molar-refractivity contribution >= 4 is 11.8 Å². The molecule has 0 rings (SSSR count). The van der Waals surface area contributed by atoms with Gasteiger partial charge in [-0.2, -0.15) is 0 Å². The summed E-state index contributed by atoms with van der Waals surface area (Å²) in [6.07, 6.45) is 0.0130. The number of Topliss-reactive ketones (excluding diaryl/α,β-unsaturated/α-hetero) is 1. The fourth-order valence-electron chi connectivity index (χ4n) is 1.71. The molecule has 0 saturated heterocycles. The van der Waals surface area contributed by atoms with Gasteiger partial charge in [0.1, 0.15) is 5.78 Å². The highest BCUT2D eigenvalue weighted by Crippen LogP contribution is 2.21. The minimum atomic E-state index is -1.04. The van der Waals surface area contributed by atoms with Gasteiger partial charge in [-0.1, -0.05) is 0 Å². The Bertz CT molecular complexity index is 307. The summed E-state index contributed by atoms with van der Waals surface area (Å²) in [6.45, 7) is -0.946. The van der Waals surface area contributed by atoms with Crippen LogP contribution in [0.1, 0.15) is 19.8 Å². The van der Waals surface area contributed by atoms with Crippen molar-refractivity contribution in [3.63, 3.8) is 0 Å². The molecular formula is C14H24F2O7. The standard InChI is InChI=1S/C14H24F2O7/c1-12(17)2-4-20-6-14(8-22-10-15,9-23-11-16)7-21-5-3-13(18)19/h2-11H2,1H3,(H,18,19). The van der Waals surface area contributed by atoms with E-state index in [1.165, 1.54) is 6.92 Å². The van der Waals surface area contributed by atoms with E-state index in [0.29, 0.717) is 0 Å². The number of hydrogen-bond donors (Lipinski definition) is 1. The number of carboxylic acids is 1. The van der Waals surface area contributed by atoms with Crippen LogP contribution < -0.4 is 0 Å². The van der Waals surface area contributed by atoms with Crippen LogP contribution in [0.2, 0.25) is 0 Å². The fraction of sp³-hybridized carbons (Fsp3) is 0.857. The van der Waals surface area contributed by atoms with E-state index in [-0.39, 0.29) is 58.3 Å². The lowest BCUT2D eigenvalue weighted by molar-refractivity contribution is -0.141. The third-order valence-corrected chi connectivity index (χ3v) is 2.85. The van der Waals surface area contributed by atoms with Gasteiger partial charge < -0.3 is 24.1 Å². The first-order valence-electron chi connectivity index (χ1n) is 7.10. The number of carboxylic acid groups (broad SMARTS) is 1. The molecule has 23 heavy (non-hydrogen) atoms. The smallest absolute Gasteiger partial charge is 0.305 e. The number of aliphatic carboxylic acids is 1. The Labute approximate surface area is 133 Å². The fourth-order valence-corrected chi connectivity index (χ4v) is 1.71. The highest BCUT2D eigenvalue weighted by Gasteiger charge is 2.32. The molecule has 0 aliphatic carbocycles. The number of halogens is 2. The number of alkyl halides is 2. The zero-order valence-corrected chi connectivity index (χ0v) is 13.2. The van der Waals surface area contributed by atoms with Gasteiger partial charge in [0.2, 0.25) is 0 Å². The number of carbonyl (C=O) groups is 2. The molecule has 9 heteroatoms. The van der Waals surface area contributed by atoms with Crippen LogP contribution in [-0.4, -0.2) is 70.2 Å². The van der Waals surface area contributed by atoms with Crippen LogP contribution in [0.25, 0.3) is 0 Å². The van der Waals surface area contributed by atoms with Crippen molar-refractivity contribution in [3.8, 4) is 0 Å². The number of ether oxygens (including phenoxy) is 4. The van der Waals surface area contributed by atoms with E-state index in [1.54, 1.807) is 0 Å². The van der Waals surface area contributed by atoms with Gasteiger partial charge in [-0.05, 0) is 6.92 Å². The van der Waals surface area contributed by atoms with E-state index < -0.39 is 25.1 Å². The van der Waals surface area contributed by atoms with Crippen molar-refractivity contribution < 1.29 is 42.4 Å². The van der Waals surface area contributed by atoms with Gasteiger partial charge in [0.05, 0.1) is 51.5 Å². The molecule has 0 atom stereocenters. The number of hydrogen-bond acceptors (Lipinski definition) is 6. The first kappa shape index (κ1) is 21.8. The highest BCUT2D eigenvalue weighted by atomic mass is 19.1. The summed E-state index contributed by atoms with van der Waals surface area (Å²) in [6, 6.07) is 0. The molecule has 0 spiro atoms. The Balaban J connectivity index is 4.57. The van der Waals surface area contributed by atoms with Crippen LogP contribution in [0.5, 0.6) is 0 Å². The summed E-state index contributed by atoms with van der Waals surface area (Å²) >= 11 is 0. The molecule has 1 N–H and O–H groups in total. The molecule has 0 aliphatic heterocycles. The van der Waals surface area contributed by atoms with Crippen molar-refractivity contribution in [2.75, 3.05) is 53.4 Å². The Hall–Kier alpha value is -1.16. The average molecular weight is 342 g/mol. The maximum absolute atomic E-state index is 12.3. The summed E-state index contributed by atoms with van der Waals surface area (Å²) in [7, 11) is 0. The molecule has 136 valence electrons. The lowest BCUT2D eigenvalue weighted by atomic mass is 9.92. The molecule has 0 aromatic heterocycles. The Morgan fingerprint density at radius 3 is 1.70 bits per heavy atom. The van der Waals surface area contributed by atoms with Crippen molar-refractivity contribution in [1.82, 2.24) is 0 Å². The van der Waals surface area contributed by atoms with Crippen LogP contribution in [-0.2, 0) is 28.5 Å². The molecule has 0 aliphatic rings. The van der Waals surface area contributed by atoms with E-state index in [4.69, 9.17) is 24.1 Å². The molecule has 0 unspecified atom stereocenters. The quantitative estimate of drug-likeness (QED) is 0.423. The van der Waals surface area contributed by atoms with E-state index in [1.807, 2.05) is 0 Å². The van der Waals surface area contributed by atoms with Crippen molar-refractivity contribution in [2.24, 2.45) is 5.41 Å². The average Bonchev–Trinajstić information content (AvgIpc) is 2.51. The minimum absolute atomic E-state index is 0.00660. The van der Waals surface area contributed by atoms with Gasteiger partial charge in [0.25, 0.3) is 0 Å². The second-order valence-electron chi connectivity index (χ2n) is 5.12. The third-order valence-electron chi connectivity index (χ3n) is 2.85. The second-order valence-corrected chi connectivity index (χ2v) is 5.12. The van der Waals surface area contributed by atoms with Gasteiger partial charge in [-0.15, -0.1) is 0 Å². The van der Waals surface area contributed by atoms with E-state index in [9.17, 15) is 18.4 Å². The van der Waals surface area contributed by atoms with Crippen LogP contribution in [0.3, 0.4) is 0 Å². The molecule has 0 saturated carbocycles. The summed E-state index contributed by atoms with van der Waals surface area (Å²) < 4.78 is 44.7. The zero-order chi connectivity index (χ0) is 17.6. The summed E-state index contributed by atoms with van der Waals surface area (Å²) in [4.78, 5) is 21.3. The molecular weight excluding hydrogens is 318 g/mol. The molecule has 0 aromatic carbocycles. The Morgan fingerprint density at radius 2 is 1.30 bits per heavy atom. The molecule has 0 fully saturated rings. The minimum Gasteiger partial charge on any atom is -0.481 e. The normalized spacial score (nSPS) is 11.6. The van der Waals surface area contributed by atoms with Crippen LogP contribution >= 0.6 is 0 Å². The number of carbonyl (C=O) groups excluding carboxylic acids is 1. The SMILES string of the molecule is CC(=O)CCOCC(COCF)(COCF)COCCC(=O)O. The predicted octanol–water partition coefficient (Wildman–Crippen LogP) is 1.35. The number of ketones is 1. The van der Waals surface area contributed by atoms with Gasteiger partial charge in [0, 0.05) is 6.42 Å². The van der Waals surface area contributed by atoms with Crippen LogP contribution in [0.4, 0.5) is 8.78 Å². The zero-order valence-electron chi connectivity index (χ0n) is 13.2. The first-order valence-corrected chi connectivity index (χ1v) is 7.10. The largest absolute Gasteiger partial charge is 0.481 e. The Morgan fingerprint density at radius 1 is 0.870 bits per heavy atom. The summed E-state index contributed by atoms with van der Waals surface area (Å²) in [5.74, 6) is -1.07. The molecule has 0 radical (unpaired) electrons. The lowest BCUT2D eigenvalue weighted by Gasteiger charge is -2.32. The van der Waals surface area contributed by atoms with Crippen molar-refractivity contribution in [3.05, 3.63) is 0 Å². The maximum atomic E-state index is 12.3. The topological polar surface area (TPSA) is 91.3 Å². The second kappa shape index (κ2) is 13.3. The summed E-state index contributed by atoms with van der Waals surface area (Å²) in [5.41, 5.74) is -0.993. The monoisotopic (exact) mass is 342 g/mol. The van der Waals surface area contributed by atoms with Gasteiger partial charge in [-0.25, -0.2) is 8.78 Å². The van der Waals surface area contributed by atoms with E-state index in [0.717, 1.165) is 0 Å². The first-order chi connectivity index (χ1) is 11.0. The van der Waals surface area contributed by atoms with E-state index >= 15 is 0 Å². The van der Waals surface area contributed by atoms with Crippen molar-refractivity contribution in [2.45, 2.75) is 19.8 Å². The molecule has 7 nitrogen and oxygen atoms in total. The molecule has 0 aromatic rings. The van der Waals surface area contributed by atoms with Crippen LogP contribution in [0, 0.1) is 5.41 Å². The Kier molecular flexibility index (Phi) is 12.6. The third kappa shape index (κ3) is 12.0. The maximum Gasteiger partial charge on any atom is 0.305 e. The number of rotatable bonds is 16. The van der Waals surface area contributed by atoms with Crippen molar-refractivity contribution in [1.29, 1.82) is 0 Å². The summed E-state index contributed by atoms with van der Waals surface area (Å²) in [5, 5.41) is 8.57. The lowest BCUT2D eigenvalue weighted by Crippen LogP contribution is -2.42. The molecule has 0 bridgehead atoms. The highest BCUT2D eigenvalue weighted by molar-refractivity contribution is 5.75. The molecule has 0 amide bonds. The van der Waals surface area contributed by atoms with Crippen LogP contribution in [0.15, 0.2) is 0 Å².